The number of hydrazone groups is 1. The van der Waals surface area contributed by atoms with Crippen LogP contribution in [0.15, 0.2) is 62.5 Å². The van der Waals surface area contributed by atoms with E-state index in [1.807, 2.05) is 26.0 Å². The topological polar surface area (TPSA) is 101 Å². The Hall–Kier alpha value is -3.39. The minimum atomic E-state index is -1.01. The predicted octanol–water partition coefficient (Wildman–Crippen LogP) is 4.55. The molecule has 0 saturated heterocycles. The molecule has 2 N–H and O–H groups in total. The van der Waals surface area contributed by atoms with Gasteiger partial charge in [-0.15, -0.1) is 0 Å². The van der Waals surface area contributed by atoms with E-state index in [4.69, 9.17) is 14.3 Å². The summed E-state index contributed by atoms with van der Waals surface area (Å²) in [7, 11) is 0. The number of benzene rings is 2. The van der Waals surface area contributed by atoms with Crippen molar-refractivity contribution in [1.29, 1.82) is 0 Å². The second-order valence-corrected chi connectivity index (χ2v) is 7.45. The molecule has 0 atom stereocenters. The number of hydrogen-bond acceptors (Lipinski definition) is 5. The molecule has 0 aliphatic rings. The highest BCUT2D eigenvalue weighted by molar-refractivity contribution is 9.10. The first-order chi connectivity index (χ1) is 14.3. The number of carboxylic acid groups (broad SMARTS) is 1. The Kier molecular flexibility index (Phi) is 6.68. The molecule has 0 unspecified atom stereocenters. The Morgan fingerprint density at radius 2 is 1.90 bits per heavy atom. The molecule has 1 aromatic heterocycles. The van der Waals surface area contributed by atoms with E-state index in [2.05, 4.69) is 26.5 Å². The first kappa shape index (κ1) is 21.3. The predicted molar refractivity (Wildman–Crippen MR) is 116 cm³/mol. The number of furan rings is 1. The number of nitrogens with zero attached hydrogens (tertiary/aromatic N) is 1. The molecule has 8 heteroatoms. The second kappa shape index (κ2) is 9.41. The molecule has 3 aromatic rings. The SMILES string of the molecule is Cc1cc(Br)cc(C)c1OCC(=O)N/N=C/c1ccc(-c2cccc(C(=O)O)c2)o1. The third-order valence-corrected chi connectivity index (χ3v) is 4.63. The molecule has 0 saturated carbocycles. The van der Waals surface area contributed by atoms with E-state index < -0.39 is 11.9 Å². The Labute approximate surface area is 181 Å². The van der Waals surface area contributed by atoms with Gasteiger partial charge in [-0.1, -0.05) is 28.1 Å². The first-order valence-electron chi connectivity index (χ1n) is 8.98. The van der Waals surface area contributed by atoms with Crippen molar-refractivity contribution in [2.45, 2.75) is 13.8 Å². The van der Waals surface area contributed by atoms with Crippen molar-refractivity contribution in [2.24, 2.45) is 5.10 Å². The fourth-order valence-corrected chi connectivity index (χ4v) is 3.53. The largest absolute Gasteiger partial charge is 0.483 e. The van der Waals surface area contributed by atoms with E-state index in [-0.39, 0.29) is 12.2 Å². The number of carboxylic acids is 1. The highest BCUT2D eigenvalue weighted by atomic mass is 79.9. The molecule has 2 aromatic carbocycles. The Bertz CT molecular complexity index is 1100. The number of ether oxygens (including phenoxy) is 1. The van der Waals surface area contributed by atoms with Gasteiger partial charge < -0.3 is 14.3 Å². The molecule has 7 nitrogen and oxygen atoms in total. The summed E-state index contributed by atoms with van der Waals surface area (Å²) >= 11 is 3.42. The second-order valence-electron chi connectivity index (χ2n) is 6.54. The lowest BCUT2D eigenvalue weighted by Crippen LogP contribution is -2.25. The number of rotatable bonds is 7. The molecule has 154 valence electrons. The number of aryl methyl sites for hydroxylation is 2. The van der Waals surface area contributed by atoms with Crippen LogP contribution in [-0.2, 0) is 4.79 Å². The zero-order chi connectivity index (χ0) is 21.7. The molecular formula is C22H19BrN2O5. The molecule has 1 heterocycles. The maximum absolute atomic E-state index is 12.0. The average molecular weight is 471 g/mol. The minimum Gasteiger partial charge on any atom is -0.483 e. The molecular weight excluding hydrogens is 452 g/mol. The Morgan fingerprint density at radius 1 is 1.17 bits per heavy atom. The standard InChI is InChI=1S/C22H19BrN2O5/c1-13-8-17(23)9-14(2)21(13)29-12-20(26)25-24-11-18-6-7-19(30-18)15-4-3-5-16(10-15)22(27)28/h3-11H,12H2,1-2H3,(H,25,26)(H,27,28)/b24-11+. The molecule has 0 spiro atoms. The van der Waals surface area contributed by atoms with Crippen molar-refractivity contribution in [2.75, 3.05) is 6.61 Å². The van der Waals surface area contributed by atoms with Gasteiger partial charge in [-0.05, 0) is 61.4 Å². The molecule has 0 radical (unpaired) electrons. The Balaban J connectivity index is 1.57. The van der Waals surface area contributed by atoms with Crippen LogP contribution in [0.2, 0.25) is 0 Å². The van der Waals surface area contributed by atoms with Crippen LogP contribution < -0.4 is 10.2 Å². The molecule has 1 amide bonds. The van der Waals surface area contributed by atoms with Crippen molar-refractivity contribution in [1.82, 2.24) is 5.43 Å². The van der Waals surface area contributed by atoms with Gasteiger partial charge in [-0.3, -0.25) is 4.79 Å². The maximum atomic E-state index is 12.0. The zero-order valence-electron chi connectivity index (χ0n) is 16.3. The van der Waals surface area contributed by atoms with Crippen LogP contribution >= 0.6 is 15.9 Å². The number of amides is 1. The van der Waals surface area contributed by atoms with Gasteiger partial charge in [0.15, 0.2) is 6.61 Å². The number of aromatic carboxylic acids is 1. The van der Waals surface area contributed by atoms with Crippen LogP contribution in [0, 0.1) is 13.8 Å². The number of nitrogens with one attached hydrogen (secondary N) is 1. The molecule has 0 aliphatic heterocycles. The number of hydrogen-bond donors (Lipinski definition) is 2. The van der Waals surface area contributed by atoms with Crippen LogP contribution in [0.1, 0.15) is 27.2 Å². The number of carbonyl (C=O) groups is 2. The van der Waals surface area contributed by atoms with Gasteiger partial charge in [-0.25, -0.2) is 10.2 Å². The van der Waals surface area contributed by atoms with E-state index in [1.54, 1.807) is 24.3 Å². The van der Waals surface area contributed by atoms with Crippen molar-refractivity contribution in [3.05, 3.63) is 75.5 Å². The fraction of sp³-hybridized carbons (Fsp3) is 0.136. The highest BCUT2D eigenvalue weighted by Gasteiger charge is 2.09. The maximum Gasteiger partial charge on any atom is 0.335 e. The lowest BCUT2D eigenvalue weighted by Gasteiger charge is -2.11. The molecule has 3 rings (SSSR count). The van der Waals surface area contributed by atoms with Gasteiger partial charge in [0.2, 0.25) is 0 Å². The quantitative estimate of drug-likeness (QED) is 0.389. The normalized spacial score (nSPS) is 10.9. The van der Waals surface area contributed by atoms with E-state index in [9.17, 15) is 9.59 Å². The third kappa shape index (κ3) is 5.36. The van der Waals surface area contributed by atoms with E-state index in [0.717, 1.165) is 15.6 Å². The monoisotopic (exact) mass is 470 g/mol. The number of halogens is 1. The summed E-state index contributed by atoms with van der Waals surface area (Å²) in [5.74, 6) is 0.149. The molecule has 0 aliphatic carbocycles. The summed E-state index contributed by atoms with van der Waals surface area (Å²) in [6, 6.07) is 13.6. The summed E-state index contributed by atoms with van der Waals surface area (Å²) < 4.78 is 12.2. The van der Waals surface area contributed by atoms with Crippen molar-refractivity contribution >= 4 is 34.0 Å². The molecule has 0 bridgehead atoms. The van der Waals surface area contributed by atoms with Crippen molar-refractivity contribution in [3.8, 4) is 17.1 Å². The average Bonchev–Trinajstić information content (AvgIpc) is 3.16. The van der Waals surface area contributed by atoms with Crippen LogP contribution in [0.4, 0.5) is 0 Å². The van der Waals surface area contributed by atoms with Crippen LogP contribution in [0.25, 0.3) is 11.3 Å². The molecule has 0 fully saturated rings. The Morgan fingerprint density at radius 3 is 2.60 bits per heavy atom. The van der Waals surface area contributed by atoms with Gasteiger partial charge in [-0.2, -0.15) is 5.10 Å². The highest BCUT2D eigenvalue weighted by Crippen LogP contribution is 2.27. The van der Waals surface area contributed by atoms with Gasteiger partial charge in [0, 0.05) is 10.0 Å². The molecule has 30 heavy (non-hydrogen) atoms. The van der Waals surface area contributed by atoms with Gasteiger partial charge >= 0.3 is 5.97 Å². The number of carbonyl (C=O) groups excluding carboxylic acids is 1. The van der Waals surface area contributed by atoms with E-state index in [0.29, 0.717) is 22.8 Å². The van der Waals surface area contributed by atoms with Crippen molar-refractivity contribution < 1.29 is 23.8 Å². The van der Waals surface area contributed by atoms with Crippen molar-refractivity contribution in [3.63, 3.8) is 0 Å². The summed E-state index contributed by atoms with van der Waals surface area (Å²) in [4.78, 5) is 23.1. The summed E-state index contributed by atoms with van der Waals surface area (Å²) in [6.45, 7) is 3.64. The van der Waals surface area contributed by atoms with Gasteiger partial charge in [0.1, 0.15) is 17.3 Å². The smallest absolute Gasteiger partial charge is 0.335 e. The van der Waals surface area contributed by atoms with E-state index in [1.165, 1.54) is 18.3 Å². The summed E-state index contributed by atoms with van der Waals surface area (Å²) in [5, 5.41) is 12.9. The van der Waals surface area contributed by atoms with Gasteiger partial charge in [0.25, 0.3) is 5.91 Å². The zero-order valence-corrected chi connectivity index (χ0v) is 17.9. The van der Waals surface area contributed by atoms with Gasteiger partial charge in [0.05, 0.1) is 11.8 Å². The van der Waals surface area contributed by atoms with E-state index >= 15 is 0 Å². The van der Waals surface area contributed by atoms with Crippen LogP contribution in [-0.4, -0.2) is 29.8 Å². The summed E-state index contributed by atoms with van der Waals surface area (Å²) in [6.07, 6.45) is 1.36. The lowest BCUT2D eigenvalue weighted by atomic mass is 10.1. The van der Waals surface area contributed by atoms with Crippen LogP contribution in [0.3, 0.4) is 0 Å². The minimum absolute atomic E-state index is 0.169. The summed E-state index contributed by atoms with van der Waals surface area (Å²) in [5.41, 5.74) is 5.03. The fourth-order valence-electron chi connectivity index (χ4n) is 2.85. The lowest BCUT2D eigenvalue weighted by molar-refractivity contribution is -0.123. The third-order valence-electron chi connectivity index (χ3n) is 4.17. The van der Waals surface area contributed by atoms with Crippen LogP contribution in [0.5, 0.6) is 5.75 Å². The first-order valence-corrected chi connectivity index (χ1v) is 9.78.